The Morgan fingerprint density at radius 1 is 1.31 bits per heavy atom. The molecule has 0 atom stereocenters. The van der Waals surface area contributed by atoms with Crippen LogP contribution in [0.2, 0.25) is 15.1 Å². The average Bonchev–Trinajstić information content (AvgIpc) is 2.58. The molecule has 1 heterocycles. The molecule has 0 fully saturated rings. The molecule has 0 aliphatic rings. The van der Waals surface area contributed by atoms with Gasteiger partial charge in [0.05, 0.1) is 26.0 Å². The Morgan fingerprint density at radius 3 is 2.62 bits per heavy atom. The zero-order valence-electron chi connectivity index (χ0n) is 8.11. The molecule has 0 radical (unpaired) electrons. The summed E-state index contributed by atoms with van der Waals surface area (Å²) in [5.41, 5.74) is 0.590. The minimum absolute atomic E-state index is 0.304. The Balaban J connectivity index is 2.74. The smallest absolute Gasteiger partial charge is 0.308 e. The van der Waals surface area contributed by atoms with E-state index in [4.69, 9.17) is 39.5 Å². The number of fused-ring (bicyclic) bond motifs is 1. The highest BCUT2D eigenvalue weighted by Crippen LogP contribution is 2.40. The summed E-state index contributed by atoms with van der Waals surface area (Å²) in [5.74, 6) is -0.120. The summed E-state index contributed by atoms with van der Waals surface area (Å²) in [6, 6.07) is 1.53. The molecule has 0 saturated carbocycles. The highest BCUT2D eigenvalue weighted by atomic mass is 35.5. The number of nitrogens with one attached hydrogen (secondary N) is 1. The molecule has 0 amide bonds. The molecule has 0 aliphatic heterocycles. The van der Waals surface area contributed by atoms with Crippen molar-refractivity contribution in [3.8, 4) is 5.75 Å². The van der Waals surface area contributed by atoms with Gasteiger partial charge in [-0.1, -0.05) is 34.8 Å². The van der Waals surface area contributed by atoms with Gasteiger partial charge in [0.25, 0.3) is 0 Å². The number of ether oxygens (including phenoxy) is 1. The van der Waals surface area contributed by atoms with E-state index in [9.17, 15) is 4.79 Å². The zero-order chi connectivity index (χ0) is 11.9. The minimum atomic E-state index is -0.437. The number of hydrogen-bond donors (Lipinski definition) is 1. The molecule has 84 valence electrons. The van der Waals surface area contributed by atoms with E-state index in [1.165, 1.54) is 19.2 Å². The number of carbonyl (C=O) groups excluding carboxylic acids is 1. The Hall–Kier alpha value is -0.900. The number of esters is 1. The number of benzene rings is 1. The molecule has 2 aromatic rings. The third-order valence-corrected chi connectivity index (χ3v) is 3.10. The molecule has 0 aliphatic carbocycles. The summed E-state index contributed by atoms with van der Waals surface area (Å²) >= 11 is 17.9. The fourth-order valence-corrected chi connectivity index (χ4v) is 2.17. The first-order valence-electron chi connectivity index (χ1n) is 4.33. The number of rotatable bonds is 1. The van der Waals surface area contributed by atoms with Crippen LogP contribution in [0, 0.1) is 0 Å². The number of hydrogen-bond acceptors (Lipinski definition) is 2. The van der Waals surface area contributed by atoms with Crippen LogP contribution in [0.1, 0.15) is 6.92 Å². The topological polar surface area (TPSA) is 42.1 Å². The normalized spacial score (nSPS) is 10.8. The quantitative estimate of drug-likeness (QED) is 0.631. The number of halogens is 3. The van der Waals surface area contributed by atoms with E-state index < -0.39 is 5.97 Å². The van der Waals surface area contributed by atoms with E-state index in [2.05, 4.69) is 4.98 Å². The summed E-state index contributed by atoms with van der Waals surface area (Å²) < 4.78 is 4.99. The molecule has 6 heteroatoms. The van der Waals surface area contributed by atoms with Crippen molar-refractivity contribution >= 4 is 51.7 Å². The molecule has 1 aromatic heterocycles. The van der Waals surface area contributed by atoms with Crippen LogP contribution < -0.4 is 4.74 Å². The molecule has 3 nitrogen and oxygen atoms in total. The second kappa shape index (κ2) is 4.17. The lowest BCUT2D eigenvalue weighted by molar-refractivity contribution is -0.131. The summed E-state index contributed by atoms with van der Waals surface area (Å²) in [7, 11) is 0. The van der Waals surface area contributed by atoms with Crippen molar-refractivity contribution in [1.29, 1.82) is 0 Å². The molecule has 0 saturated heterocycles. The van der Waals surface area contributed by atoms with Gasteiger partial charge in [-0.05, 0) is 6.07 Å². The maximum absolute atomic E-state index is 10.9. The van der Waals surface area contributed by atoms with Crippen LogP contribution in [0.5, 0.6) is 5.75 Å². The van der Waals surface area contributed by atoms with Gasteiger partial charge >= 0.3 is 5.97 Å². The third kappa shape index (κ3) is 1.86. The standard InChI is InChI=1S/C10H6Cl3NO2/c1-4(15)16-7-3-14-10-6(12)2-5(11)9(13)8(7)10/h2-3,14H,1H3. The van der Waals surface area contributed by atoms with Gasteiger partial charge in [-0.15, -0.1) is 0 Å². The molecule has 0 spiro atoms. The first-order valence-corrected chi connectivity index (χ1v) is 5.47. The van der Waals surface area contributed by atoms with Crippen LogP contribution in [-0.2, 0) is 4.79 Å². The van der Waals surface area contributed by atoms with Gasteiger partial charge in [-0.25, -0.2) is 0 Å². The van der Waals surface area contributed by atoms with Crippen molar-refractivity contribution in [3.05, 3.63) is 27.3 Å². The minimum Gasteiger partial charge on any atom is -0.424 e. The highest BCUT2D eigenvalue weighted by Gasteiger charge is 2.16. The lowest BCUT2D eigenvalue weighted by atomic mass is 10.2. The molecular formula is C10H6Cl3NO2. The second-order valence-corrected chi connectivity index (χ2v) is 4.34. The summed E-state index contributed by atoms with van der Waals surface area (Å²) in [6.45, 7) is 1.30. The van der Waals surface area contributed by atoms with Crippen LogP contribution in [0.15, 0.2) is 12.3 Å². The van der Waals surface area contributed by atoms with Crippen LogP contribution in [0.3, 0.4) is 0 Å². The molecule has 2 rings (SSSR count). The van der Waals surface area contributed by atoms with Gasteiger partial charge < -0.3 is 9.72 Å². The van der Waals surface area contributed by atoms with Gasteiger partial charge in [0.15, 0.2) is 5.75 Å². The van der Waals surface area contributed by atoms with E-state index in [0.717, 1.165) is 0 Å². The van der Waals surface area contributed by atoms with E-state index in [-0.39, 0.29) is 0 Å². The monoisotopic (exact) mass is 277 g/mol. The molecule has 1 N–H and O–H groups in total. The lowest BCUT2D eigenvalue weighted by Gasteiger charge is -2.03. The van der Waals surface area contributed by atoms with Crippen LogP contribution in [0.25, 0.3) is 10.9 Å². The number of H-pyrrole nitrogens is 1. The Kier molecular flexibility index (Phi) is 3.02. The summed E-state index contributed by atoms with van der Waals surface area (Å²) in [6.07, 6.45) is 1.51. The van der Waals surface area contributed by atoms with Crippen molar-refractivity contribution in [2.24, 2.45) is 0 Å². The fraction of sp³-hybridized carbons (Fsp3) is 0.100. The van der Waals surface area contributed by atoms with Gasteiger partial charge in [0.1, 0.15) is 0 Å². The van der Waals surface area contributed by atoms with Gasteiger partial charge in [-0.2, -0.15) is 0 Å². The van der Waals surface area contributed by atoms with Gasteiger partial charge in [0.2, 0.25) is 0 Å². The van der Waals surface area contributed by atoms with Crippen LogP contribution in [0.4, 0.5) is 0 Å². The third-order valence-electron chi connectivity index (χ3n) is 2.02. The second-order valence-electron chi connectivity index (χ2n) is 3.15. The summed E-state index contributed by atoms with van der Waals surface area (Å²) in [5, 5.41) is 1.54. The highest BCUT2D eigenvalue weighted by molar-refractivity contribution is 6.48. The largest absolute Gasteiger partial charge is 0.424 e. The van der Waals surface area contributed by atoms with E-state index in [1.54, 1.807) is 0 Å². The summed E-state index contributed by atoms with van der Waals surface area (Å²) in [4.78, 5) is 13.8. The van der Waals surface area contributed by atoms with Crippen LogP contribution >= 0.6 is 34.8 Å². The molecule has 0 unspecified atom stereocenters. The lowest BCUT2D eigenvalue weighted by Crippen LogP contribution is -2.00. The van der Waals surface area contributed by atoms with Gasteiger partial charge in [-0.3, -0.25) is 4.79 Å². The first-order chi connectivity index (χ1) is 7.50. The number of carbonyl (C=O) groups is 1. The maximum Gasteiger partial charge on any atom is 0.308 e. The Labute approximate surface area is 106 Å². The maximum atomic E-state index is 10.9. The number of aromatic nitrogens is 1. The van der Waals surface area contributed by atoms with Crippen molar-refractivity contribution in [2.75, 3.05) is 0 Å². The fourth-order valence-electron chi connectivity index (χ4n) is 1.41. The Morgan fingerprint density at radius 2 is 2.00 bits per heavy atom. The predicted molar refractivity (Wildman–Crippen MR) is 64.6 cm³/mol. The van der Waals surface area contributed by atoms with Crippen molar-refractivity contribution < 1.29 is 9.53 Å². The molecule has 16 heavy (non-hydrogen) atoms. The first kappa shape index (κ1) is 11.6. The van der Waals surface area contributed by atoms with Crippen LogP contribution in [-0.4, -0.2) is 11.0 Å². The van der Waals surface area contributed by atoms with Gasteiger partial charge in [0, 0.05) is 13.1 Å². The van der Waals surface area contributed by atoms with E-state index in [0.29, 0.717) is 31.7 Å². The molecular weight excluding hydrogens is 272 g/mol. The number of aromatic amines is 1. The Bertz CT molecular complexity index is 577. The van der Waals surface area contributed by atoms with Crippen molar-refractivity contribution in [3.63, 3.8) is 0 Å². The van der Waals surface area contributed by atoms with Crippen molar-refractivity contribution in [2.45, 2.75) is 6.92 Å². The molecule has 1 aromatic carbocycles. The van der Waals surface area contributed by atoms with Crippen molar-refractivity contribution in [1.82, 2.24) is 4.98 Å². The SMILES string of the molecule is CC(=O)Oc1c[nH]c2c(Cl)cc(Cl)c(Cl)c12. The predicted octanol–water partition coefficient (Wildman–Crippen LogP) is 4.05. The van der Waals surface area contributed by atoms with E-state index >= 15 is 0 Å². The van der Waals surface area contributed by atoms with E-state index in [1.807, 2.05) is 0 Å². The zero-order valence-corrected chi connectivity index (χ0v) is 10.4. The average molecular weight is 279 g/mol. The molecule has 0 bridgehead atoms.